The Labute approximate surface area is 177 Å². The number of nitrogens with zero attached hydrogens (tertiary/aromatic N) is 3. The maximum Gasteiger partial charge on any atom is 0.332 e. The minimum Gasteiger partial charge on any atom is -0.341 e. The summed E-state index contributed by atoms with van der Waals surface area (Å²) in [7, 11) is 1.78. The van der Waals surface area contributed by atoms with Gasteiger partial charge in [-0.15, -0.1) is 11.3 Å². The fourth-order valence-electron chi connectivity index (χ4n) is 4.14. The Morgan fingerprint density at radius 2 is 1.87 bits per heavy atom. The maximum absolute atomic E-state index is 14.1. The number of carbonyl (C=O) groups is 1. The van der Waals surface area contributed by atoms with Gasteiger partial charge in [0.2, 0.25) is 5.91 Å². The van der Waals surface area contributed by atoms with E-state index in [1.165, 1.54) is 28.4 Å². The van der Waals surface area contributed by atoms with Gasteiger partial charge in [-0.3, -0.25) is 18.7 Å². The van der Waals surface area contributed by atoms with Crippen LogP contribution in [0.1, 0.15) is 37.7 Å². The average molecular weight is 430 g/mol. The minimum absolute atomic E-state index is 0.142. The third kappa shape index (κ3) is 3.84. The summed E-state index contributed by atoms with van der Waals surface area (Å²) in [6, 6.07) is 7.93. The van der Waals surface area contributed by atoms with Crippen molar-refractivity contribution in [3.05, 3.63) is 67.9 Å². The number of carbonyl (C=O) groups excluding carboxylic acids is 1. The first kappa shape index (κ1) is 20.5. The molecular weight excluding hydrogens is 405 g/mol. The molecule has 0 radical (unpaired) electrons. The zero-order valence-electron chi connectivity index (χ0n) is 16.8. The molecule has 1 fully saturated rings. The summed E-state index contributed by atoms with van der Waals surface area (Å²) in [4.78, 5) is 40.8. The van der Waals surface area contributed by atoms with E-state index in [1.54, 1.807) is 41.6 Å². The molecule has 0 atom stereocenters. The molecule has 6 nitrogen and oxygen atoms in total. The van der Waals surface area contributed by atoms with Gasteiger partial charge in [0.15, 0.2) is 0 Å². The first-order valence-electron chi connectivity index (χ1n) is 10.2. The normalized spacial score (nSPS) is 14.9. The number of thiophene rings is 1. The molecule has 1 amide bonds. The largest absolute Gasteiger partial charge is 0.341 e. The molecule has 3 aromatic rings. The van der Waals surface area contributed by atoms with E-state index in [-0.39, 0.29) is 30.6 Å². The van der Waals surface area contributed by atoms with Gasteiger partial charge in [0.25, 0.3) is 5.56 Å². The molecule has 2 aromatic heterocycles. The Morgan fingerprint density at radius 3 is 2.60 bits per heavy atom. The van der Waals surface area contributed by atoms with Crippen molar-refractivity contribution < 1.29 is 9.18 Å². The first-order valence-corrected chi connectivity index (χ1v) is 11.0. The lowest BCUT2D eigenvalue weighted by molar-refractivity contribution is -0.133. The summed E-state index contributed by atoms with van der Waals surface area (Å²) in [5.41, 5.74) is -0.355. The predicted molar refractivity (Wildman–Crippen MR) is 115 cm³/mol. The molecule has 0 aliphatic heterocycles. The van der Waals surface area contributed by atoms with E-state index in [4.69, 9.17) is 0 Å². The highest BCUT2D eigenvalue weighted by Crippen LogP contribution is 2.22. The Balaban J connectivity index is 1.72. The molecule has 0 bridgehead atoms. The number of fused-ring (bicyclic) bond motifs is 1. The number of rotatable bonds is 5. The second kappa shape index (κ2) is 8.55. The monoisotopic (exact) mass is 429 g/mol. The molecular formula is C22H24FN3O3S. The molecule has 1 saturated carbocycles. The van der Waals surface area contributed by atoms with Crippen molar-refractivity contribution in [2.24, 2.45) is 0 Å². The van der Waals surface area contributed by atoms with Crippen LogP contribution >= 0.6 is 11.3 Å². The predicted octanol–water partition coefficient (Wildman–Crippen LogP) is 3.20. The van der Waals surface area contributed by atoms with Gasteiger partial charge < -0.3 is 4.90 Å². The van der Waals surface area contributed by atoms with Crippen molar-refractivity contribution in [1.82, 2.24) is 14.0 Å². The van der Waals surface area contributed by atoms with E-state index < -0.39 is 17.1 Å². The Bertz CT molecular complexity index is 1190. The van der Waals surface area contributed by atoms with Gasteiger partial charge >= 0.3 is 5.69 Å². The molecule has 0 N–H and O–H groups in total. The molecule has 30 heavy (non-hydrogen) atoms. The van der Waals surface area contributed by atoms with Crippen LogP contribution in [0.15, 0.2) is 45.3 Å². The lowest BCUT2D eigenvalue weighted by Crippen LogP contribution is -2.45. The summed E-state index contributed by atoms with van der Waals surface area (Å²) < 4.78 is 16.9. The summed E-state index contributed by atoms with van der Waals surface area (Å²) in [5, 5.41) is 1.73. The van der Waals surface area contributed by atoms with E-state index in [2.05, 4.69) is 0 Å². The number of likely N-dealkylation sites (N-methyl/N-ethyl adjacent to an activating group) is 1. The zero-order valence-corrected chi connectivity index (χ0v) is 17.7. The molecule has 0 unspecified atom stereocenters. The van der Waals surface area contributed by atoms with Crippen LogP contribution in [0.25, 0.3) is 10.2 Å². The van der Waals surface area contributed by atoms with Crippen LogP contribution in [0.5, 0.6) is 0 Å². The van der Waals surface area contributed by atoms with Crippen molar-refractivity contribution in [2.75, 3.05) is 7.05 Å². The van der Waals surface area contributed by atoms with Gasteiger partial charge in [-0.2, -0.15) is 0 Å². The van der Waals surface area contributed by atoms with Crippen LogP contribution in [0.4, 0.5) is 4.39 Å². The molecule has 1 aromatic carbocycles. The standard InChI is InChI=1S/C22H24FN3O3S/c1-24(16-8-3-2-4-9-16)19(27)14-25-18-11-12-30-20(18)21(28)26(22(25)29)13-15-7-5-6-10-17(15)23/h5-7,10-12,16H,2-4,8-9,13-14H2,1H3. The van der Waals surface area contributed by atoms with Crippen LogP contribution in [-0.2, 0) is 17.9 Å². The Morgan fingerprint density at radius 1 is 1.13 bits per heavy atom. The maximum atomic E-state index is 14.1. The van der Waals surface area contributed by atoms with Crippen molar-refractivity contribution in [2.45, 2.75) is 51.2 Å². The van der Waals surface area contributed by atoms with Gasteiger partial charge in [0, 0.05) is 18.7 Å². The summed E-state index contributed by atoms with van der Waals surface area (Å²) in [5.74, 6) is -0.637. The molecule has 2 heterocycles. The molecule has 0 spiro atoms. The first-order chi connectivity index (χ1) is 14.5. The van der Waals surface area contributed by atoms with Crippen molar-refractivity contribution in [1.29, 1.82) is 0 Å². The van der Waals surface area contributed by atoms with Crippen molar-refractivity contribution in [3.8, 4) is 0 Å². The van der Waals surface area contributed by atoms with Crippen LogP contribution in [0, 0.1) is 5.82 Å². The molecule has 4 rings (SSSR count). The third-order valence-corrected chi connectivity index (χ3v) is 6.82. The zero-order chi connectivity index (χ0) is 21.3. The smallest absolute Gasteiger partial charge is 0.332 e. The Hall–Kier alpha value is -2.74. The number of hydrogen-bond donors (Lipinski definition) is 0. The quantitative estimate of drug-likeness (QED) is 0.626. The topological polar surface area (TPSA) is 64.3 Å². The highest BCUT2D eigenvalue weighted by atomic mass is 32.1. The number of benzene rings is 1. The van der Waals surface area contributed by atoms with E-state index in [0.717, 1.165) is 30.3 Å². The van der Waals surface area contributed by atoms with Gasteiger partial charge in [-0.1, -0.05) is 37.5 Å². The van der Waals surface area contributed by atoms with E-state index in [1.807, 2.05) is 0 Å². The van der Waals surface area contributed by atoms with Gasteiger partial charge in [0.05, 0.1) is 12.1 Å². The number of amides is 1. The number of aromatic nitrogens is 2. The third-order valence-electron chi connectivity index (χ3n) is 5.93. The highest BCUT2D eigenvalue weighted by Gasteiger charge is 2.24. The fraction of sp³-hybridized carbons (Fsp3) is 0.409. The SMILES string of the molecule is CN(C(=O)Cn1c(=O)n(Cc2ccccc2F)c(=O)c2sccc21)C1CCCCC1. The molecule has 158 valence electrons. The second-order valence-corrected chi connectivity index (χ2v) is 8.70. The Kier molecular flexibility index (Phi) is 5.85. The second-order valence-electron chi connectivity index (χ2n) is 7.78. The molecule has 1 aliphatic rings. The van der Waals surface area contributed by atoms with Crippen LogP contribution in [0.2, 0.25) is 0 Å². The van der Waals surface area contributed by atoms with E-state index in [0.29, 0.717) is 10.2 Å². The summed E-state index contributed by atoms with van der Waals surface area (Å²) in [6.07, 6.45) is 5.33. The highest BCUT2D eigenvalue weighted by molar-refractivity contribution is 7.17. The van der Waals surface area contributed by atoms with Crippen molar-refractivity contribution >= 4 is 27.5 Å². The minimum atomic E-state index is -0.598. The lowest BCUT2D eigenvalue weighted by Gasteiger charge is -2.31. The van der Waals surface area contributed by atoms with Crippen LogP contribution in [-0.4, -0.2) is 33.0 Å². The van der Waals surface area contributed by atoms with E-state index >= 15 is 0 Å². The van der Waals surface area contributed by atoms with Crippen LogP contribution < -0.4 is 11.2 Å². The average Bonchev–Trinajstić information content (AvgIpc) is 3.25. The van der Waals surface area contributed by atoms with Gasteiger partial charge in [0.1, 0.15) is 17.1 Å². The summed E-state index contributed by atoms with van der Waals surface area (Å²) >= 11 is 1.22. The number of hydrogen-bond acceptors (Lipinski definition) is 4. The molecule has 1 aliphatic carbocycles. The fourth-order valence-corrected chi connectivity index (χ4v) is 4.98. The lowest BCUT2D eigenvalue weighted by atomic mass is 9.94. The summed E-state index contributed by atoms with van der Waals surface area (Å²) in [6.45, 7) is -0.318. The van der Waals surface area contributed by atoms with Crippen molar-refractivity contribution in [3.63, 3.8) is 0 Å². The number of halogens is 1. The van der Waals surface area contributed by atoms with Crippen LogP contribution in [0.3, 0.4) is 0 Å². The molecule has 8 heteroatoms. The van der Waals surface area contributed by atoms with E-state index in [9.17, 15) is 18.8 Å². The molecule has 0 saturated heterocycles. The van der Waals surface area contributed by atoms with Gasteiger partial charge in [-0.05, 0) is 30.4 Å². The van der Waals surface area contributed by atoms with Gasteiger partial charge in [-0.25, -0.2) is 9.18 Å².